The standard InChI is InChI=1S/C20H21NO4/c1-2-14(12-22)21-20(23)19-17(13-24-15-8-4-3-5-9-15)16-10-6-7-11-18(16)25-19/h3-11,14,22H,2,12-13H2,1H3,(H,21,23). The van der Waals surface area contributed by atoms with E-state index in [1.807, 2.05) is 61.5 Å². The van der Waals surface area contributed by atoms with Crippen molar-refractivity contribution in [1.82, 2.24) is 5.32 Å². The van der Waals surface area contributed by atoms with Gasteiger partial charge in [-0.05, 0) is 24.6 Å². The minimum atomic E-state index is -0.344. The summed E-state index contributed by atoms with van der Waals surface area (Å²) in [6, 6.07) is 16.6. The molecule has 3 aromatic rings. The molecule has 3 rings (SSSR count). The van der Waals surface area contributed by atoms with Crippen molar-refractivity contribution >= 4 is 16.9 Å². The molecule has 0 spiro atoms. The lowest BCUT2D eigenvalue weighted by Gasteiger charge is -2.13. The molecule has 1 atom stereocenters. The number of benzene rings is 2. The Labute approximate surface area is 146 Å². The molecule has 0 fully saturated rings. The Morgan fingerprint density at radius 2 is 1.88 bits per heavy atom. The predicted molar refractivity (Wildman–Crippen MR) is 95.6 cm³/mol. The van der Waals surface area contributed by atoms with E-state index in [0.717, 1.165) is 11.1 Å². The van der Waals surface area contributed by atoms with Crippen molar-refractivity contribution in [2.45, 2.75) is 26.0 Å². The molecule has 0 aliphatic heterocycles. The SMILES string of the molecule is CCC(CO)NC(=O)c1oc2ccccc2c1COc1ccccc1. The smallest absolute Gasteiger partial charge is 0.287 e. The third-order valence-corrected chi connectivity index (χ3v) is 4.08. The van der Waals surface area contributed by atoms with E-state index >= 15 is 0 Å². The first-order chi connectivity index (χ1) is 12.2. The van der Waals surface area contributed by atoms with Crippen LogP contribution in [0, 0.1) is 0 Å². The van der Waals surface area contributed by atoms with Crippen LogP contribution >= 0.6 is 0 Å². The molecule has 1 aromatic heterocycles. The van der Waals surface area contributed by atoms with Crippen LogP contribution in [0.3, 0.4) is 0 Å². The molecule has 1 amide bonds. The number of carbonyl (C=O) groups excluding carboxylic acids is 1. The summed E-state index contributed by atoms with van der Waals surface area (Å²) in [4.78, 5) is 12.6. The van der Waals surface area contributed by atoms with E-state index in [-0.39, 0.29) is 30.9 Å². The third kappa shape index (κ3) is 3.83. The lowest BCUT2D eigenvalue weighted by molar-refractivity contribution is 0.0885. The van der Waals surface area contributed by atoms with Crippen molar-refractivity contribution in [2.75, 3.05) is 6.61 Å². The minimum Gasteiger partial charge on any atom is -0.489 e. The zero-order valence-corrected chi connectivity index (χ0v) is 14.1. The second-order valence-corrected chi connectivity index (χ2v) is 5.77. The number of fused-ring (bicyclic) bond motifs is 1. The Morgan fingerprint density at radius 1 is 1.16 bits per heavy atom. The van der Waals surface area contributed by atoms with Crippen LogP contribution in [-0.2, 0) is 6.61 Å². The predicted octanol–water partition coefficient (Wildman–Crippen LogP) is 3.51. The summed E-state index contributed by atoms with van der Waals surface area (Å²) in [5.74, 6) is 0.605. The highest BCUT2D eigenvalue weighted by Crippen LogP contribution is 2.27. The number of amides is 1. The average Bonchev–Trinajstić information content (AvgIpc) is 3.04. The van der Waals surface area contributed by atoms with Gasteiger partial charge in [0.1, 0.15) is 17.9 Å². The van der Waals surface area contributed by atoms with Crippen molar-refractivity contribution in [1.29, 1.82) is 0 Å². The first kappa shape index (κ1) is 17.0. The first-order valence-electron chi connectivity index (χ1n) is 8.33. The second-order valence-electron chi connectivity index (χ2n) is 5.77. The highest BCUT2D eigenvalue weighted by atomic mass is 16.5. The first-order valence-corrected chi connectivity index (χ1v) is 8.33. The van der Waals surface area contributed by atoms with E-state index in [9.17, 15) is 9.90 Å². The maximum Gasteiger partial charge on any atom is 0.287 e. The van der Waals surface area contributed by atoms with E-state index in [0.29, 0.717) is 17.6 Å². The number of rotatable bonds is 7. The average molecular weight is 339 g/mol. The van der Waals surface area contributed by atoms with Gasteiger partial charge in [-0.2, -0.15) is 0 Å². The van der Waals surface area contributed by atoms with Gasteiger partial charge in [0, 0.05) is 10.9 Å². The van der Waals surface area contributed by atoms with Gasteiger partial charge >= 0.3 is 0 Å². The number of para-hydroxylation sites is 2. The maximum atomic E-state index is 12.6. The Bertz CT molecular complexity index is 837. The lowest BCUT2D eigenvalue weighted by atomic mass is 10.1. The van der Waals surface area contributed by atoms with Crippen LogP contribution in [0.15, 0.2) is 59.0 Å². The maximum absolute atomic E-state index is 12.6. The largest absolute Gasteiger partial charge is 0.489 e. The molecule has 0 aliphatic rings. The van der Waals surface area contributed by atoms with Crippen LogP contribution < -0.4 is 10.1 Å². The number of nitrogens with one attached hydrogen (secondary N) is 1. The minimum absolute atomic E-state index is 0.113. The highest BCUT2D eigenvalue weighted by molar-refractivity contribution is 5.99. The molecule has 1 heterocycles. The zero-order valence-electron chi connectivity index (χ0n) is 14.1. The molecular formula is C20H21NO4. The van der Waals surface area contributed by atoms with Gasteiger partial charge in [0.25, 0.3) is 5.91 Å². The number of hydrogen-bond acceptors (Lipinski definition) is 4. The van der Waals surface area contributed by atoms with Crippen LogP contribution in [0.1, 0.15) is 29.5 Å². The lowest BCUT2D eigenvalue weighted by Crippen LogP contribution is -2.37. The fraction of sp³-hybridized carbons (Fsp3) is 0.250. The summed E-state index contributed by atoms with van der Waals surface area (Å²) >= 11 is 0. The Morgan fingerprint density at radius 3 is 2.60 bits per heavy atom. The summed E-state index contributed by atoms with van der Waals surface area (Å²) in [5.41, 5.74) is 1.33. The van der Waals surface area contributed by atoms with Crippen LogP contribution in [0.4, 0.5) is 0 Å². The van der Waals surface area contributed by atoms with Crippen molar-refractivity contribution in [3.05, 3.63) is 65.9 Å². The van der Waals surface area contributed by atoms with E-state index < -0.39 is 0 Å². The number of furan rings is 1. The summed E-state index contributed by atoms with van der Waals surface area (Å²) in [6.07, 6.45) is 0.637. The molecule has 5 nitrogen and oxygen atoms in total. The van der Waals surface area contributed by atoms with Crippen molar-refractivity contribution in [3.63, 3.8) is 0 Å². The van der Waals surface area contributed by atoms with E-state index in [1.165, 1.54) is 0 Å². The molecular weight excluding hydrogens is 318 g/mol. The van der Waals surface area contributed by atoms with Gasteiger partial charge < -0.3 is 19.6 Å². The summed E-state index contributed by atoms with van der Waals surface area (Å²) < 4.78 is 11.6. The second kappa shape index (κ2) is 7.85. The molecule has 0 saturated heterocycles. The van der Waals surface area contributed by atoms with E-state index in [1.54, 1.807) is 0 Å². The van der Waals surface area contributed by atoms with Gasteiger partial charge in [-0.3, -0.25) is 4.79 Å². The highest BCUT2D eigenvalue weighted by Gasteiger charge is 2.22. The summed E-state index contributed by atoms with van der Waals surface area (Å²) in [6.45, 7) is 2.01. The molecule has 2 aromatic carbocycles. The molecule has 0 saturated carbocycles. The molecule has 0 bridgehead atoms. The Kier molecular flexibility index (Phi) is 5.36. The quantitative estimate of drug-likeness (QED) is 0.691. The molecule has 2 N–H and O–H groups in total. The molecule has 1 unspecified atom stereocenters. The number of ether oxygens (including phenoxy) is 1. The topological polar surface area (TPSA) is 71.7 Å². The monoisotopic (exact) mass is 339 g/mol. The fourth-order valence-electron chi connectivity index (χ4n) is 2.63. The van der Waals surface area contributed by atoms with E-state index in [4.69, 9.17) is 9.15 Å². The Balaban J connectivity index is 1.90. The van der Waals surface area contributed by atoms with Gasteiger partial charge in [-0.15, -0.1) is 0 Å². The molecule has 130 valence electrons. The molecule has 5 heteroatoms. The van der Waals surface area contributed by atoms with Gasteiger partial charge in [-0.25, -0.2) is 0 Å². The van der Waals surface area contributed by atoms with Crippen LogP contribution in [0.5, 0.6) is 5.75 Å². The fourth-order valence-corrected chi connectivity index (χ4v) is 2.63. The molecule has 25 heavy (non-hydrogen) atoms. The Hall–Kier alpha value is -2.79. The number of hydrogen-bond donors (Lipinski definition) is 2. The molecule has 0 radical (unpaired) electrons. The molecule has 0 aliphatic carbocycles. The number of aliphatic hydroxyl groups is 1. The van der Waals surface area contributed by atoms with Gasteiger partial charge in [-0.1, -0.05) is 43.3 Å². The van der Waals surface area contributed by atoms with Gasteiger partial charge in [0.2, 0.25) is 0 Å². The third-order valence-electron chi connectivity index (χ3n) is 4.08. The summed E-state index contributed by atoms with van der Waals surface area (Å²) in [7, 11) is 0. The number of aliphatic hydroxyl groups excluding tert-OH is 1. The van der Waals surface area contributed by atoms with Crippen LogP contribution in [0.25, 0.3) is 11.0 Å². The van der Waals surface area contributed by atoms with Crippen LogP contribution in [0.2, 0.25) is 0 Å². The summed E-state index contributed by atoms with van der Waals surface area (Å²) in [5, 5.41) is 13.0. The van der Waals surface area contributed by atoms with Crippen molar-refractivity contribution in [3.8, 4) is 5.75 Å². The normalized spacial score (nSPS) is 12.1. The van der Waals surface area contributed by atoms with Gasteiger partial charge in [0.15, 0.2) is 5.76 Å². The zero-order chi connectivity index (χ0) is 17.6. The van der Waals surface area contributed by atoms with E-state index in [2.05, 4.69) is 5.32 Å². The van der Waals surface area contributed by atoms with Crippen LogP contribution in [-0.4, -0.2) is 23.7 Å². The number of carbonyl (C=O) groups is 1. The van der Waals surface area contributed by atoms with Crippen molar-refractivity contribution in [2.24, 2.45) is 0 Å². The van der Waals surface area contributed by atoms with Gasteiger partial charge in [0.05, 0.1) is 12.6 Å². The van der Waals surface area contributed by atoms with Crippen molar-refractivity contribution < 1.29 is 19.1 Å².